The van der Waals surface area contributed by atoms with Crippen LogP contribution in [0, 0.1) is 0 Å². The Bertz CT molecular complexity index is 696. The van der Waals surface area contributed by atoms with Crippen LogP contribution >= 0.6 is 0 Å². The molecule has 0 N–H and O–H groups in total. The Kier molecular flexibility index (Phi) is 8.05. The van der Waals surface area contributed by atoms with E-state index in [0.717, 1.165) is 13.1 Å². The summed E-state index contributed by atoms with van der Waals surface area (Å²) >= 11 is 1.59. The minimum absolute atomic E-state index is 0. The van der Waals surface area contributed by atoms with Gasteiger partial charge in [0.2, 0.25) is 0 Å². The summed E-state index contributed by atoms with van der Waals surface area (Å²) in [5.41, 5.74) is 8.79. The van der Waals surface area contributed by atoms with Crippen LogP contribution in [0.4, 0.5) is 5.69 Å². The van der Waals surface area contributed by atoms with Crippen LogP contribution in [0.3, 0.4) is 0 Å². The van der Waals surface area contributed by atoms with Crippen molar-refractivity contribution in [1.82, 2.24) is 0 Å². The van der Waals surface area contributed by atoms with Crippen molar-refractivity contribution >= 4 is 5.69 Å². The molecule has 0 aromatic heterocycles. The first-order valence-corrected chi connectivity index (χ1v) is 9.72. The summed E-state index contributed by atoms with van der Waals surface area (Å²) < 4.78 is 0.589. The molecular formula is C20H24Cl2NZr. The summed E-state index contributed by atoms with van der Waals surface area (Å²) in [5, 5.41) is 0. The second-order valence-electron chi connectivity index (χ2n) is 6.38. The zero-order valence-corrected chi connectivity index (χ0v) is 18.7. The standard InChI is InChI=1S/C20H24N.2ClH.Zr/c1-5-21(6-2)18-8-10-20-17(13-18)12-16-11-15(14(3)4)7-9-19(16)20;;;/h7-14H,5-6H2,1-4H3;2*1H;/q;;;+2/p-2. The Morgan fingerprint density at radius 2 is 1.46 bits per heavy atom. The van der Waals surface area contributed by atoms with Crippen LogP contribution in [0.5, 0.6) is 0 Å². The summed E-state index contributed by atoms with van der Waals surface area (Å²) in [5.74, 6) is 0.600. The Balaban J connectivity index is 0.00000144. The molecule has 1 nitrogen and oxygen atoms in total. The summed E-state index contributed by atoms with van der Waals surface area (Å²) in [7, 11) is 0. The monoisotopic (exact) mass is 438 g/mol. The quantitative estimate of drug-likeness (QED) is 0.607. The molecule has 2 aromatic carbocycles. The van der Waals surface area contributed by atoms with Gasteiger partial charge in [-0.25, -0.2) is 0 Å². The summed E-state index contributed by atoms with van der Waals surface area (Å²) in [6.45, 7) is 11.2. The molecule has 4 heteroatoms. The van der Waals surface area contributed by atoms with E-state index in [2.05, 4.69) is 69.0 Å². The average Bonchev–Trinajstić information content (AvgIpc) is 2.81. The van der Waals surface area contributed by atoms with E-state index in [0.29, 0.717) is 9.54 Å². The molecule has 24 heavy (non-hydrogen) atoms. The molecule has 1 atom stereocenters. The first-order chi connectivity index (χ1) is 10.6. The van der Waals surface area contributed by atoms with Crippen molar-refractivity contribution in [2.24, 2.45) is 0 Å². The van der Waals surface area contributed by atoms with Gasteiger partial charge >= 0.3 is 150 Å². The molecule has 1 aliphatic carbocycles. The van der Waals surface area contributed by atoms with Crippen molar-refractivity contribution in [1.29, 1.82) is 0 Å². The van der Waals surface area contributed by atoms with E-state index in [1.54, 1.807) is 24.7 Å². The van der Waals surface area contributed by atoms with Gasteiger partial charge in [-0.15, -0.1) is 0 Å². The molecule has 0 fully saturated rings. The Morgan fingerprint density at radius 3 is 2.00 bits per heavy atom. The van der Waals surface area contributed by atoms with Gasteiger partial charge in [0, 0.05) is 0 Å². The maximum absolute atomic E-state index is 2.44. The maximum atomic E-state index is 2.44. The predicted octanol–water partition coefficient (Wildman–Crippen LogP) is -0.719. The number of benzene rings is 2. The fourth-order valence-corrected chi connectivity index (χ4v) is 4.59. The van der Waals surface area contributed by atoms with Crippen LogP contribution in [-0.2, 0) is 24.7 Å². The van der Waals surface area contributed by atoms with E-state index in [-0.39, 0.29) is 24.8 Å². The maximum Gasteiger partial charge on any atom is -1.00 e. The number of hydrogen-bond donors (Lipinski definition) is 0. The fourth-order valence-electron chi connectivity index (χ4n) is 3.41. The van der Waals surface area contributed by atoms with E-state index in [1.165, 1.54) is 33.5 Å². The molecule has 1 aliphatic rings. The first-order valence-electron chi connectivity index (χ1n) is 8.31. The van der Waals surface area contributed by atoms with Gasteiger partial charge in [0.25, 0.3) is 0 Å². The molecule has 0 aliphatic heterocycles. The third-order valence-corrected chi connectivity index (χ3v) is 6.35. The second-order valence-corrected chi connectivity index (χ2v) is 7.80. The number of nitrogens with zero attached hydrogens (tertiary/aromatic N) is 1. The molecule has 0 amide bonds. The molecule has 0 heterocycles. The van der Waals surface area contributed by atoms with Gasteiger partial charge in [-0.05, 0) is 0 Å². The zero-order chi connectivity index (χ0) is 15.9. The van der Waals surface area contributed by atoms with Gasteiger partial charge in [-0.3, -0.25) is 0 Å². The minimum Gasteiger partial charge on any atom is -1.00 e. The number of rotatable bonds is 4. The van der Waals surface area contributed by atoms with E-state index in [4.69, 9.17) is 0 Å². The number of fused-ring (bicyclic) bond motifs is 3. The van der Waals surface area contributed by atoms with E-state index >= 15 is 0 Å². The summed E-state index contributed by atoms with van der Waals surface area (Å²) in [6, 6.07) is 14.1. The average molecular weight is 441 g/mol. The molecule has 3 rings (SSSR count). The van der Waals surface area contributed by atoms with Gasteiger partial charge in [0.1, 0.15) is 0 Å². The largest absolute Gasteiger partial charge is 1.00 e. The van der Waals surface area contributed by atoms with Gasteiger partial charge in [0.15, 0.2) is 0 Å². The molecule has 0 spiro atoms. The molecule has 1 unspecified atom stereocenters. The SMILES string of the molecule is CCN(CC)c1ccc2c(c1)[CH]([Zr+2])c1cc(C(C)C)ccc1-2.[Cl-].[Cl-]. The van der Waals surface area contributed by atoms with Gasteiger partial charge in [-0.2, -0.15) is 0 Å². The molecule has 0 saturated heterocycles. The van der Waals surface area contributed by atoms with Gasteiger partial charge < -0.3 is 24.8 Å². The smallest absolute Gasteiger partial charge is 1.00 e. The van der Waals surface area contributed by atoms with Crippen LogP contribution in [0.25, 0.3) is 11.1 Å². The number of hydrogen-bond acceptors (Lipinski definition) is 1. The summed E-state index contributed by atoms with van der Waals surface area (Å²) in [6.07, 6.45) is 0. The normalized spacial score (nSPS) is 14.5. The predicted molar refractivity (Wildman–Crippen MR) is 91.4 cm³/mol. The number of halogens is 2. The molecule has 0 bridgehead atoms. The van der Waals surface area contributed by atoms with Crippen LogP contribution in [0.2, 0.25) is 0 Å². The van der Waals surface area contributed by atoms with Gasteiger partial charge in [-0.1, -0.05) is 0 Å². The van der Waals surface area contributed by atoms with Crippen LogP contribution < -0.4 is 29.7 Å². The van der Waals surface area contributed by atoms with Crippen molar-refractivity contribution in [3.63, 3.8) is 0 Å². The summed E-state index contributed by atoms with van der Waals surface area (Å²) in [4.78, 5) is 2.44. The van der Waals surface area contributed by atoms with Crippen molar-refractivity contribution < 1.29 is 49.5 Å². The molecule has 127 valence electrons. The third kappa shape index (κ3) is 3.77. The first kappa shape index (κ1) is 21.7. The topological polar surface area (TPSA) is 3.24 Å². The van der Waals surface area contributed by atoms with Crippen molar-refractivity contribution in [3.05, 3.63) is 53.1 Å². The number of anilines is 1. The van der Waals surface area contributed by atoms with Crippen molar-refractivity contribution in [3.8, 4) is 11.1 Å². The molecule has 2 aromatic rings. The Hall–Kier alpha value is -0.297. The minimum atomic E-state index is 0. The molecule has 0 saturated carbocycles. The van der Waals surface area contributed by atoms with Crippen LogP contribution in [0.15, 0.2) is 36.4 Å². The van der Waals surface area contributed by atoms with E-state index in [1.807, 2.05) is 0 Å². The van der Waals surface area contributed by atoms with E-state index in [9.17, 15) is 0 Å². The van der Waals surface area contributed by atoms with Gasteiger partial charge in [0.05, 0.1) is 0 Å². The van der Waals surface area contributed by atoms with Crippen molar-refractivity contribution in [2.45, 2.75) is 37.2 Å². The van der Waals surface area contributed by atoms with Crippen LogP contribution in [-0.4, -0.2) is 13.1 Å². The Labute approximate surface area is 173 Å². The molecular weight excluding hydrogens is 416 g/mol. The fraction of sp³-hybridized carbons (Fsp3) is 0.400. The zero-order valence-electron chi connectivity index (χ0n) is 14.7. The van der Waals surface area contributed by atoms with Crippen molar-refractivity contribution in [2.75, 3.05) is 18.0 Å². The third-order valence-electron chi connectivity index (χ3n) is 4.82. The molecule has 0 radical (unpaired) electrons. The Morgan fingerprint density at radius 1 is 0.917 bits per heavy atom. The van der Waals surface area contributed by atoms with E-state index < -0.39 is 0 Å². The second kappa shape index (κ2) is 8.88. The van der Waals surface area contributed by atoms with Crippen LogP contribution in [0.1, 0.15) is 53.9 Å².